The van der Waals surface area contributed by atoms with E-state index in [-0.39, 0.29) is 5.56 Å². The van der Waals surface area contributed by atoms with Crippen molar-refractivity contribution in [3.8, 4) is 11.1 Å². The smallest absolute Gasteiger partial charge is 0.167 e. The molecule has 0 unspecified atom stereocenters. The SMILES string of the molecule is CCCCCCCC=Cc1ccc(-c2ccc([C@H]3CC[C@H](F)CC3)cc2)c(F)c1F. The van der Waals surface area contributed by atoms with Crippen molar-refractivity contribution >= 4 is 6.08 Å². The normalized spacial score (nSPS) is 19.5. The molecule has 1 aliphatic carbocycles. The second kappa shape index (κ2) is 11.4. The highest BCUT2D eigenvalue weighted by Crippen LogP contribution is 2.35. The Morgan fingerprint density at radius 1 is 0.833 bits per heavy atom. The van der Waals surface area contributed by atoms with Crippen molar-refractivity contribution in [2.75, 3.05) is 0 Å². The van der Waals surface area contributed by atoms with Crippen LogP contribution in [0.1, 0.15) is 88.2 Å². The Bertz CT molecular complexity index is 815. The minimum Gasteiger partial charge on any atom is -0.247 e. The van der Waals surface area contributed by atoms with Gasteiger partial charge in [-0.15, -0.1) is 0 Å². The zero-order valence-corrected chi connectivity index (χ0v) is 18.0. The van der Waals surface area contributed by atoms with Crippen LogP contribution in [-0.2, 0) is 0 Å². The lowest BCUT2D eigenvalue weighted by Gasteiger charge is -2.24. The van der Waals surface area contributed by atoms with E-state index in [1.165, 1.54) is 25.7 Å². The predicted molar refractivity (Wildman–Crippen MR) is 120 cm³/mol. The number of halogens is 3. The van der Waals surface area contributed by atoms with E-state index in [0.29, 0.717) is 29.9 Å². The fourth-order valence-corrected chi connectivity index (χ4v) is 4.31. The van der Waals surface area contributed by atoms with E-state index < -0.39 is 17.8 Å². The quantitative estimate of drug-likeness (QED) is 0.359. The first-order valence-electron chi connectivity index (χ1n) is 11.5. The number of alkyl halides is 1. The monoisotopic (exact) mass is 414 g/mol. The minimum atomic E-state index is -0.800. The van der Waals surface area contributed by atoms with Gasteiger partial charge in [-0.3, -0.25) is 0 Å². The molecule has 0 spiro atoms. The first-order chi connectivity index (χ1) is 14.6. The zero-order valence-electron chi connectivity index (χ0n) is 18.0. The maximum atomic E-state index is 14.7. The summed E-state index contributed by atoms with van der Waals surface area (Å²) < 4.78 is 42.6. The van der Waals surface area contributed by atoms with E-state index in [1.807, 2.05) is 30.3 Å². The van der Waals surface area contributed by atoms with Crippen molar-refractivity contribution in [1.29, 1.82) is 0 Å². The van der Waals surface area contributed by atoms with Crippen molar-refractivity contribution in [3.05, 3.63) is 65.2 Å². The average molecular weight is 415 g/mol. The molecule has 2 aromatic rings. The molecule has 3 rings (SSSR count). The summed E-state index contributed by atoms with van der Waals surface area (Å²) in [4.78, 5) is 0. The Kier molecular flexibility index (Phi) is 8.60. The molecular weight excluding hydrogens is 381 g/mol. The van der Waals surface area contributed by atoms with Gasteiger partial charge in [-0.05, 0) is 55.6 Å². The number of allylic oxidation sites excluding steroid dienone is 1. The molecule has 0 nitrogen and oxygen atoms in total. The van der Waals surface area contributed by atoms with Crippen LogP contribution < -0.4 is 0 Å². The fraction of sp³-hybridized carbons (Fsp3) is 0.481. The summed E-state index contributed by atoms with van der Waals surface area (Å²) in [5.74, 6) is -1.23. The molecule has 0 radical (unpaired) electrons. The molecule has 0 bridgehead atoms. The Hall–Kier alpha value is -2.03. The van der Waals surface area contributed by atoms with Crippen molar-refractivity contribution < 1.29 is 13.2 Å². The molecule has 3 heteroatoms. The average Bonchev–Trinajstić information content (AvgIpc) is 2.77. The molecule has 2 aromatic carbocycles. The van der Waals surface area contributed by atoms with E-state index in [9.17, 15) is 13.2 Å². The van der Waals surface area contributed by atoms with Gasteiger partial charge in [0.2, 0.25) is 0 Å². The second-order valence-corrected chi connectivity index (χ2v) is 8.51. The highest BCUT2D eigenvalue weighted by Gasteiger charge is 2.22. The molecule has 0 aliphatic heterocycles. The van der Waals surface area contributed by atoms with Crippen molar-refractivity contribution in [2.45, 2.75) is 83.2 Å². The lowest BCUT2D eigenvalue weighted by molar-refractivity contribution is 0.235. The Labute approximate surface area is 179 Å². The molecule has 1 fully saturated rings. The van der Waals surface area contributed by atoms with Crippen molar-refractivity contribution in [1.82, 2.24) is 0 Å². The predicted octanol–water partition coefficient (Wildman–Crippen LogP) is 9.00. The van der Waals surface area contributed by atoms with E-state index in [0.717, 1.165) is 31.2 Å². The van der Waals surface area contributed by atoms with Crippen LogP contribution in [0.2, 0.25) is 0 Å². The summed E-state index contributed by atoms with van der Waals surface area (Å²) >= 11 is 0. The van der Waals surface area contributed by atoms with E-state index in [4.69, 9.17) is 0 Å². The van der Waals surface area contributed by atoms with Crippen LogP contribution >= 0.6 is 0 Å². The van der Waals surface area contributed by atoms with E-state index >= 15 is 0 Å². The number of hydrogen-bond donors (Lipinski definition) is 0. The minimum absolute atomic E-state index is 0.281. The van der Waals surface area contributed by atoms with Gasteiger partial charge in [0.15, 0.2) is 11.6 Å². The van der Waals surface area contributed by atoms with Gasteiger partial charge in [-0.25, -0.2) is 13.2 Å². The number of benzene rings is 2. The summed E-state index contributed by atoms with van der Waals surface area (Å²) in [7, 11) is 0. The highest BCUT2D eigenvalue weighted by molar-refractivity contribution is 5.67. The first kappa shape index (κ1) is 22.7. The largest absolute Gasteiger partial charge is 0.247 e. The third-order valence-corrected chi connectivity index (χ3v) is 6.23. The summed E-state index contributed by atoms with van der Waals surface area (Å²) in [5, 5.41) is 0. The van der Waals surface area contributed by atoms with Crippen molar-refractivity contribution in [3.63, 3.8) is 0 Å². The third-order valence-electron chi connectivity index (χ3n) is 6.23. The van der Waals surface area contributed by atoms with E-state index in [1.54, 1.807) is 18.2 Å². The van der Waals surface area contributed by atoms with Gasteiger partial charge >= 0.3 is 0 Å². The molecule has 1 saturated carbocycles. The molecule has 0 saturated heterocycles. The van der Waals surface area contributed by atoms with Crippen LogP contribution in [0.3, 0.4) is 0 Å². The van der Waals surface area contributed by atoms with E-state index in [2.05, 4.69) is 6.92 Å². The lowest BCUT2D eigenvalue weighted by Crippen LogP contribution is -2.13. The second-order valence-electron chi connectivity index (χ2n) is 8.51. The van der Waals surface area contributed by atoms with Gasteiger partial charge in [-0.1, -0.05) is 81.2 Å². The lowest BCUT2D eigenvalue weighted by atomic mass is 9.83. The fourth-order valence-electron chi connectivity index (χ4n) is 4.31. The molecule has 162 valence electrons. The maximum Gasteiger partial charge on any atom is 0.167 e. The van der Waals surface area contributed by atoms with Crippen LogP contribution in [0.5, 0.6) is 0 Å². The topological polar surface area (TPSA) is 0 Å². The maximum absolute atomic E-state index is 14.7. The third kappa shape index (κ3) is 6.00. The Morgan fingerprint density at radius 2 is 1.53 bits per heavy atom. The number of rotatable bonds is 9. The summed E-state index contributed by atoms with van der Waals surface area (Å²) in [6.45, 7) is 2.19. The summed E-state index contributed by atoms with van der Waals surface area (Å²) in [5.41, 5.74) is 2.40. The van der Waals surface area contributed by atoms with Crippen LogP contribution in [0, 0.1) is 11.6 Å². The van der Waals surface area contributed by atoms with Gasteiger partial charge < -0.3 is 0 Å². The summed E-state index contributed by atoms with van der Waals surface area (Å²) in [6.07, 6.45) is 12.7. The molecule has 0 atom stereocenters. The van der Waals surface area contributed by atoms with Gasteiger partial charge in [0.05, 0.1) is 0 Å². The van der Waals surface area contributed by atoms with Gasteiger partial charge in [0.25, 0.3) is 0 Å². The molecular formula is C27H33F3. The molecule has 0 aromatic heterocycles. The van der Waals surface area contributed by atoms with Crippen LogP contribution in [0.25, 0.3) is 17.2 Å². The summed E-state index contributed by atoms with van der Waals surface area (Å²) in [6, 6.07) is 11.0. The zero-order chi connectivity index (χ0) is 21.3. The number of unbranched alkanes of at least 4 members (excludes halogenated alkanes) is 5. The first-order valence-corrected chi connectivity index (χ1v) is 11.5. The molecule has 30 heavy (non-hydrogen) atoms. The molecule has 0 amide bonds. The molecule has 0 heterocycles. The Morgan fingerprint density at radius 3 is 2.23 bits per heavy atom. The highest BCUT2D eigenvalue weighted by atomic mass is 19.2. The van der Waals surface area contributed by atoms with Crippen molar-refractivity contribution in [2.24, 2.45) is 0 Å². The van der Waals surface area contributed by atoms with Crippen LogP contribution in [-0.4, -0.2) is 6.17 Å². The van der Waals surface area contributed by atoms with Crippen LogP contribution in [0.4, 0.5) is 13.2 Å². The molecule has 1 aliphatic rings. The van der Waals surface area contributed by atoms with Gasteiger partial charge in [-0.2, -0.15) is 0 Å². The molecule has 0 N–H and O–H groups in total. The standard InChI is InChI=1S/C27H33F3/c1-2-3-4-5-6-7-8-9-23-16-19-25(27(30)26(23)29)22-12-10-20(11-13-22)21-14-17-24(28)18-15-21/h8-13,16,19,21,24H,2-7,14-15,17-18H2,1H3/t21-,24-. The number of hydrogen-bond acceptors (Lipinski definition) is 0. The van der Waals surface area contributed by atoms with Gasteiger partial charge in [0, 0.05) is 11.1 Å². The van der Waals surface area contributed by atoms with Crippen LogP contribution in [0.15, 0.2) is 42.5 Å². The Balaban J connectivity index is 1.63. The van der Waals surface area contributed by atoms with Gasteiger partial charge in [0.1, 0.15) is 6.17 Å².